The molecule has 0 aliphatic carbocycles. The molecule has 0 bridgehead atoms. The van der Waals surface area contributed by atoms with Crippen LogP contribution in [0.1, 0.15) is 26.3 Å². The van der Waals surface area contributed by atoms with Gasteiger partial charge in [-0.25, -0.2) is 0 Å². The van der Waals surface area contributed by atoms with Gasteiger partial charge in [0.25, 0.3) is 0 Å². The van der Waals surface area contributed by atoms with Crippen LogP contribution in [-0.2, 0) is 6.42 Å². The molecule has 0 saturated heterocycles. The second-order valence-electron chi connectivity index (χ2n) is 3.71. The van der Waals surface area contributed by atoms with Crippen molar-refractivity contribution in [3.05, 3.63) is 54.1 Å². The first-order valence-corrected chi connectivity index (χ1v) is 6.58. The number of ether oxygens (including phenoxy) is 1. The summed E-state index contributed by atoms with van der Waals surface area (Å²) in [6.45, 7) is 6.17. The van der Waals surface area contributed by atoms with Crippen molar-refractivity contribution in [3.8, 4) is 16.9 Å². The minimum Gasteiger partial charge on any atom is -0.496 e. The zero-order chi connectivity index (χ0) is 13.4. The number of hydrogen-bond acceptors (Lipinski definition) is 1. The molecular weight excluding hydrogens is 220 g/mol. The van der Waals surface area contributed by atoms with Gasteiger partial charge >= 0.3 is 0 Å². The molecule has 0 aromatic heterocycles. The van der Waals surface area contributed by atoms with Crippen molar-refractivity contribution in [2.45, 2.75) is 27.2 Å². The molecule has 0 aliphatic rings. The third-order valence-corrected chi connectivity index (χ3v) is 2.80. The summed E-state index contributed by atoms with van der Waals surface area (Å²) in [4.78, 5) is 0. The van der Waals surface area contributed by atoms with Crippen molar-refractivity contribution in [1.82, 2.24) is 0 Å². The van der Waals surface area contributed by atoms with Crippen molar-refractivity contribution in [2.24, 2.45) is 0 Å². The van der Waals surface area contributed by atoms with E-state index in [0.29, 0.717) is 0 Å². The second kappa shape index (κ2) is 7.54. The Labute approximate surface area is 110 Å². The molecule has 2 aromatic carbocycles. The summed E-state index contributed by atoms with van der Waals surface area (Å²) in [5.74, 6) is 0.934. The summed E-state index contributed by atoms with van der Waals surface area (Å²) < 4.78 is 5.40. The fourth-order valence-electron chi connectivity index (χ4n) is 1.96. The topological polar surface area (TPSA) is 9.23 Å². The van der Waals surface area contributed by atoms with Gasteiger partial charge in [0, 0.05) is 5.56 Å². The first kappa shape index (κ1) is 14.3. The van der Waals surface area contributed by atoms with Crippen LogP contribution in [0.5, 0.6) is 5.75 Å². The van der Waals surface area contributed by atoms with Crippen LogP contribution < -0.4 is 4.74 Å². The number of hydrogen-bond donors (Lipinski definition) is 0. The lowest BCUT2D eigenvalue weighted by molar-refractivity contribution is 0.416. The van der Waals surface area contributed by atoms with Gasteiger partial charge in [0.05, 0.1) is 7.11 Å². The van der Waals surface area contributed by atoms with Crippen LogP contribution in [0.25, 0.3) is 11.1 Å². The monoisotopic (exact) mass is 242 g/mol. The van der Waals surface area contributed by atoms with Gasteiger partial charge in [-0.2, -0.15) is 0 Å². The van der Waals surface area contributed by atoms with Crippen molar-refractivity contribution >= 4 is 0 Å². The Bertz CT molecular complexity index is 429. The molecule has 0 N–H and O–H groups in total. The van der Waals surface area contributed by atoms with E-state index in [0.717, 1.165) is 12.2 Å². The molecule has 0 atom stereocenters. The highest BCUT2D eigenvalue weighted by Crippen LogP contribution is 2.31. The molecule has 0 aliphatic heterocycles. The van der Waals surface area contributed by atoms with E-state index < -0.39 is 0 Å². The van der Waals surface area contributed by atoms with E-state index in [1.54, 1.807) is 7.11 Å². The molecule has 0 spiro atoms. The number of rotatable bonds is 3. The maximum absolute atomic E-state index is 5.40. The Kier molecular flexibility index (Phi) is 5.99. The van der Waals surface area contributed by atoms with Gasteiger partial charge in [-0.1, -0.05) is 63.2 Å². The maximum atomic E-state index is 5.40. The minimum atomic E-state index is 0.934. The zero-order valence-corrected chi connectivity index (χ0v) is 11.7. The number of benzene rings is 2. The molecular formula is C17H22O. The Morgan fingerprint density at radius 1 is 0.833 bits per heavy atom. The van der Waals surface area contributed by atoms with Crippen molar-refractivity contribution < 1.29 is 4.74 Å². The van der Waals surface area contributed by atoms with Crippen LogP contribution in [0.3, 0.4) is 0 Å². The van der Waals surface area contributed by atoms with Gasteiger partial charge < -0.3 is 4.74 Å². The van der Waals surface area contributed by atoms with Crippen LogP contribution in [0.2, 0.25) is 0 Å². The SMILES string of the molecule is CC.CCc1ccccc1-c1ccccc1OC. The summed E-state index contributed by atoms with van der Waals surface area (Å²) in [5, 5.41) is 0. The van der Waals surface area contributed by atoms with E-state index in [1.165, 1.54) is 16.7 Å². The number of methoxy groups -OCH3 is 1. The molecule has 0 amide bonds. The number of aryl methyl sites for hydroxylation is 1. The van der Waals surface area contributed by atoms with Crippen molar-refractivity contribution in [1.29, 1.82) is 0 Å². The van der Waals surface area contributed by atoms with Crippen LogP contribution in [0.15, 0.2) is 48.5 Å². The molecule has 0 unspecified atom stereocenters. The first-order valence-electron chi connectivity index (χ1n) is 6.58. The molecule has 0 radical (unpaired) electrons. The quantitative estimate of drug-likeness (QED) is 0.740. The molecule has 2 aromatic rings. The Morgan fingerprint density at radius 2 is 1.39 bits per heavy atom. The predicted octanol–water partition coefficient (Wildman–Crippen LogP) is 4.95. The Morgan fingerprint density at radius 3 is 2.00 bits per heavy atom. The van der Waals surface area contributed by atoms with Gasteiger partial charge in [0.2, 0.25) is 0 Å². The van der Waals surface area contributed by atoms with Crippen molar-refractivity contribution in [3.63, 3.8) is 0 Å². The van der Waals surface area contributed by atoms with Gasteiger partial charge in [-0.05, 0) is 23.6 Å². The maximum Gasteiger partial charge on any atom is 0.126 e. The molecule has 96 valence electrons. The van der Waals surface area contributed by atoms with Crippen LogP contribution in [0.4, 0.5) is 0 Å². The summed E-state index contributed by atoms with van der Waals surface area (Å²) >= 11 is 0. The van der Waals surface area contributed by atoms with Gasteiger partial charge in [-0.3, -0.25) is 0 Å². The molecule has 0 heterocycles. The van der Waals surface area contributed by atoms with E-state index >= 15 is 0 Å². The van der Waals surface area contributed by atoms with Crippen molar-refractivity contribution in [2.75, 3.05) is 7.11 Å². The van der Waals surface area contributed by atoms with Crippen LogP contribution in [-0.4, -0.2) is 7.11 Å². The third kappa shape index (κ3) is 3.13. The highest BCUT2D eigenvalue weighted by atomic mass is 16.5. The smallest absolute Gasteiger partial charge is 0.126 e. The predicted molar refractivity (Wildman–Crippen MR) is 79.2 cm³/mol. The van der Waals surface area contributed by atoms with Gasteiger partial charge in [0.1, 0.15) is 5.75 Å². The lowest BCUT2D eigenvalue weighted by atomic mass is 9.97. The van der Waals surface area contributed by atoms with E-state index in [-0.39, 0.29) is 0 Å². The molecule has 1 nitrogen and oxygen atoms in total. The first-order chi connectivity index (χ1) is 8.86. The largest absolute Gasteiger partial charge is 0.496 e. The summed E-state index contributed by atoms with van der Waals surface area (Å²) in [6.07, 6.45) is 1.04. The fraction of sp³-hybridized carbons (Fsp3) is 0.294. The standard InChI is InChI=1S/C15H16O.C2H6/c1-3-12-8-4-5-9-13(12)14-10-6-7-11-15(14)16-2;1-2/h4-11H,3H2,1-2H3;1-2H3. The highest BCUT2D eigenvalue weighted by Gasteiger charge is 2.07. The fourth-order valence-corrected chi connectivity index (χ4v) is 1.96. The highest BCUT2D eigenvalue weighted by molar-refractivity contribution is 5.73. The van der Waals surface area contributed by atoms with Crippen LogP contribution in [0, 0.1) is 0 Å². The third-order valence-electron chi connectivity index (χ3n) is 2.80. The Hall–Kier alpha value is -1.76. The lowest BCUT2D eigenvalue weighted by Crippen LogP contribution is -1.91. The second-order valence-corrected chi connectivity index (χ2v) is 3.71. The molecule has 1 heteroatoms. The van der Waals surface area contributed by atoms with Gasteiger partial charge in [0.15, 0.2) is 0 Å². The number of para-hydroxylation sites is 1. The summed E-state index contributed by atoms with van der Waals surface area (Å²) in [5.41, 5.74) is 3.79. The average Bonchev–Trinajstić information content (AvgIpc) is 2.49. The van der Waals surface area contributed by atoms with Crippen LogP contribution >= 0.6 is 0 Å². The molecule has 0 fully saturated rings. The molecule has 2 rings (SSSR count). The minimum absolute atomic E-state index is 0.934. The van der Waals surface area contributed by atoms with E-state index in [1.807, 2.05) is 32.0 Å². The zero-order valence-electron chi connectivity index (χ0n) is 11.7. The summed E-state index contributed by atoms with van der Waals surface area (Å²) in [6, 6.07) is 16.6. The average molecular weight is 242 g/mol. The Balaban J connectivity index is 0.000000771. The summed E-state index contributed by atoms with van der Waals surface area (Å²) in [7, 11) is 1.72. The van der Waals surface area contributed by atoms with E-state index in [2.05, 4.69) is 37.3 Å². The normalized spacial score (nSPS) is 9.33. The van der Waals surface area contributed by atoms with E-state index in [4.69, 9.17) is 4.74 Å². The molecule has 0 saturated carbocycles. The van der Waals surface area contributed by atoms with E-state index in [9.17, 15) is 0 Å². The van der Waals surface area contributed by atoms with Gasteiger partial charge in [-0.15, -0.1) is 0 Å². The molecule has 18 heavy (non-hydrogen) atoms. The lowest BCUT2D eigenvalue weighted by Gasteiger charge is -2.11.